The molecule has 0 atom stereocenters. The molecule has 0 aliphatic carbocycles. The van der Waals surface area contributed by atoms with Gasteiger partial charge in [-0.2, -0.15) is 0 Å². The van der Waals surface area contributed by atoms with Gasteiger partial charge in [0.05, 0.1) is 11.4 Å². The van der Waals surface area contributed by atoms with E-state index < -0.39 is 0 Å². The van der Waals surface area contributed by atoms with Crippen molar-refractivity contribution in [3.63, 3.8) is 0 Å². The zero-order valence-corrected chi connectivity index (χ0v) is 10.1. The third-order valence-corrected chi connectivity index (χ3v) is 2.84. The summed E-state index contributed by atoms with van der Waals surface area (Å²) in [7, 11) is 1.81. The molecule has 0 fully saturated rings. The summed E-state index contributed by atoms with van der Waals surface area (Å²) < 4.78 is 6.45. The predicted molar refractivity (Wildman–Crippen MR) is 60.3 cm³/mol. The van der Waals surface area contributed by atoms with Crippen LogP contribution in [0.1, 0.15) is 11.4 Å². The van der Waals surface area contributed by atoms with Crippen LogP contribution in [0.25, 0.3) is 0 Å². The van der Waals surface area contributed by atoms with Crippen LogP contribution in [0.4, 0.5) is 0 Å². The monoisotopic (exact) mass is 260 g/mol. The minimum absolute atomic E-state index is 0.378. The third-order valence-electron chi connectivity index (χ3n) is 2.20. The molecule has 7 heteroatoms. The molecule has 1 N–H and O–H groups in total. The standard InChI is InChI=1S/C9H10Cl2N4O/c1-15-7(8(10)13-9(15)11)5-12-4-6-2-3-16-14-6/h2-3,12H,4-5H2,1H3. The van der Waals surface area contributed by atoms with Crippen LogP contribution in [-0.4, -0.2) is 14.7 Å². The van der Waals surface area contributed by atoms with Crippen LogP contribution >= 0.6 is 23.2 Å². The molecule has 2 heterocycles. The van der Waals surface area contributed by atoms with Gasteiger partial charge in [-0.15, -0.1) is 0 Å². The summed E-state index contributed by atoms with van der Waals surface area (Å²) in [5.74, 6) is 0. The van der Waals surface area contributed by atoms with E-state index in [1.165, 1.54) is 6.26 Å². The Balaban J connectivity index is 1.95. The molecule has 2 rings (SSSR count). The lowest BCUT2D eigenvalue weighted by atomic mass is 10.4. The van der Waals surface area contributed by atoms with Crippen LogP contribution in [-0.2, 0) is 20.1 Å². The fraction of sp³-hybridized carbons (Fsp3) is 0.333. The Hall–Kier alpha value is -1.04. The van der Waals surface area contributed by atoms with Gasteiger partial charge in [0.2, 0.25) is 5.28 Å². The first kappa shape index (κ1) is 11.4. The Morgan fingerprint density at radius 3 is 2.81 bits per heavy atom. The summed E-state index contributed by atoms with van der Waals surface area (Å²) in [6.07, 6.45) is 1.53. The maximum Gasteiger partial charge on any atom is 0.204 e. The molecule has 0 spiro atoms. The number of hydrogen-bond acceptors (Lipinski definition) is 4. The molecule has 86 valence electrons. The second kappa shape index (κ2) is 4.86. The molecule has 2 aromatic heterocycles. The minimum Gasteiger partial charge on any atom is -0.364 e. The van der Waals surface area contributed by atoms with Crippen molar-refractivity contribution in [2.24, 2.45) is 7.05 Å². The molecule has 0 aliphatic rings. The molecule has 2 aromatic rings. The molecule has 0 saturated carbocycles. The summed E-state index contributed by atoms with van der Waals surface area (Å²) in [6.45, 7) is 1.18. The van der Waals surface area contributed by atoms with Gasteiger partial charge in [-0.3, -0.25) is 0 Å². The van der Waals surface area contributed by atoms with Crippen molar-refractivity contribution in [2.75, 3.05) is 0 Å². The van der Waals surface area contributed by atoms with Gasteiger partial charge in [0, 0.05) is 26.2 Å². The van der Waals surface area contributed by atoms with Crippen molar-refractivity contribution >= 4 is 23.2 Å². The van der Waals surface area contributed by atoms with Gasteiger partial charge in [0.1, 0.15) is 6.26 Å². The van der Waals surface area contributed by atoms with Crippen molar-refractivity contribution in [2.45, 2.75) is 13.1 Å². The molecule has 0 bridgehead atoms. The van der Waals surface area contributed by atoms with E-state index in [4.69, 9.17) is 27.7 Å². The van der Waals surface area contributed by atoms with Crippen LogP contribution < -0.4 is 5.32 Å². The second-order valence-corrected chi connectivity index (χ2v) is 3.97. The van der Waals surface area contributed by atoms with E-state index in [0.717, 1.165) is 11.4 Å². The first-order valence-electron chi connectivity index (χ1n) is 4.65. The minimum atomic E-state index is 0.378. The van der Waals surface area contributed by atoms with E-state index in [9.17, 15) is 0 Å². The molecule has 0 saturated heterocycles. The lowest BCUT2D eigenvalue weighted by Gasteiger charge is -2.04. The van der Waals surface area contributed by atoms with E-state index in [0.29, 0.717) is 23.5 Å². The largest absolute Gasteiger partial charge is 0.364 e. The number of nitrogens with one attached hydrogen (secondary N) is 1. The lowest BCUT2D eigenvalue weighted by Crippen LogP contribution is -2.15. The Kier molecular flexibility index (Phi) is 3.48. The molecular weight excluding hydrogens is 251 g/mol. The van der Waals surface area contributed by atoms with Gasteiger partial charge in [0.25, 0.3) is 0 Å². The van der Waals surface area contributed by atoms with E-state index in [1.54, 1.807) is 10.6 Å². The van der Waals surface area contributed by atoms with Gasteiger partial charge in [-0.25, -0.2) is 4.98 Å². The summed E-state index contributed by atoms with van der Waals surface area (Å²) in [5.41, 5.74) is 1.68. The summed E-state index contributed by atoms with van der Waals surface area (Å²) in [6, 6.07) is 1.80. The lowest BCUT2D eigenvalue weighted by molar-refractivity contribution is 0.408. The zero-order chi connectivity index (χ0) is 11.5. The number of halogens is 2. The predicted octanol–water partition coefficient (Wildman–Crippen LogP) is 2.00. The highest BCUT2D eigenvalue weighted by atomic mass is 35.5. The normalized spacial score (nSPS) is 10.9. The molecular formula is C9H10Cl2N4O. The highest BCUT2D eigenvalue weighted by Gasteiger charge is 2.10. The van der Waals surface area contributed by atoms with Crippen LogP contribution in [0.2, 0.25) is 10.4 Å². The Morgan fingerprint density at radius 1 is 1.44 bits per heavy atom. The van der Waals surface area contributed by atoms with Gasteiger partial charge < -0.3 is 14.4 Å². The Labute approximate surface area is 102 Å². The SMILES string of the molecule is Cn1c(Cl)nc(Cl)c1CNCc1ccon1. The first-order chi connectivity index (χ1) is 7.68. The van der Waals surface area contributed by atoms with Crippen LogP contribution in [0.15, 0.2) is 16.9 Å². The average molecular weight is 261 g/mol. The van der Waals surface area contributed by atoms with E-state index >= 15 is 0 Å². The third kappa shape index (κ3) is 2.37. The van der Waals surface area contributed by atoms with Gasteiger partial charge >= 0.3 is 0 Å². The van der Waals surface area contributed by atoms with E-state index in [1.807, 2.05) is 7.05 Å². The average Bonchev–Trinajstić information content (AvgIpc) is 2.82. The van der Waals surface area contributed by atoms with E-state index in [-0.39, 0.29) is 0 Å². The fourth-order valence-corrected chi connectivity index (χ4v) is 1.80. The van der Waals surface area contributed by atoms with Crippen molar-refractivity contribution in [3.05, 3.63) is 34.2 Å². The molecule has 0 unspecified atom stereocenters. The highest BCUT2D eigenvalue weighted by Crippen LogP contribution is 2.19. The zero-order valence-electron chi connectivity index (χ0n) is 8.57. The Morgan fingerprint density at radius 2 is 2.25 bits per heavy atom. The number of hydrogen-bond donors (Lipinski definition) is 1. The number of imidazole rings is 1. The quantitative estimate of drug-likeness (QED) is 0.914. The molecule has 5 nitrogen and oxygen atoms in total. The molecule has 0 aromatic carbocycles. The maximum absolute atomic E-state index is 5.92. The molecule has 0 radical (unpaired) electrons. The van der Waals surface area contributed by atoms with Crippen molar-refractivity contribution in [3.8, 4) is 0 Å². The number of nitrogens with zero attached hydrogens (tertiary/aromatic N) is 3. The van der Waals surface area contributed by atoms with Gasteiger partial charge in [0.15, 0.2) is 5.15 Å². The fourth-order valence-electron chi connectivity index (χ4n) is 1.30. The molecule has 0 aliphatic heterocycles. The topological polar surface area (TPSA) is 55.9 Å². The maximum atomic E-state index is 5.92. The van der Waals surface area contributed by atoms with Gasteiger partial charge in [-0.1, -0.05) is 16.8 Å². The number of aromatic nitrogens is 3. The van der Waals surface area contributed by atoms with Crippen LogP contribution in [0.5, 0.6) is 0 Å². The summed E-state index contributed by atoms with van der Waals surface area (Å²) >= 11 is 11.7. The smallest absolute Gasteiger partial charge is 0.204 e. The summed E-state index contributed by atoms with van der Waals surface area (Å²) in [5, 5.41) is 7.75. The second-order valence-electron chi connectivity index (χ2n) is 3.27. The van der Waals surface area contributed by atoms with E-state index in [2.05, 4.69) is 15.5 Å². The van der Waals surface area contributed by atoms with Crippen LogP contribution in [0, 0.1) is 0 Å². The van der Waals surface area contributed by atoms with Crippen molar-refractivity contribution in [1.82, 2.24) is 20.0 Å². The molecule has 0 amide bonds. The van der Waals surface area contributed by atoms with Crippen LogP contribution in [0.3, 0.4) is 0 Å². The van der Waals surface area contributed by atoms with Crippen molar-refractivity contribution < 1.29 is 4.52 Å². The number of rotatable bonds is 4. The summed E-state index contributed by atoms with van der Waals surface area (Å²) in [4.78, 5) is 3.95. The molecule has 16 heavy (non-hydrogen) atoms. The highest BCUT2D eigenvalue weighted by molar-refractivity contribution is 6.32. The van der Waals surface area contributed by atoms with Crippen molar-refractivity contribution in [1.29, 1.82) is 0 Å². The van der Waals surface area contributed by atoms with Gasteiger partial charge in [-0.05, 0) is 11.6 Å². The first-order valence-corrected chi connectivity index (χ1v) is 5.40. The Bertz CT molecular complexity index is 466.